The first-order valence-electron chi connectivity index (χ1n) is 7.18. The Morgan fingerprint density at radius 2 is 1.95 bits per heavy atom. The Kier molecular flexibility index (Phi) is 4.80. The van der Waals surface area contributed by atoms with Crippen LogP contribution in [0.3, 0.4) is 0 Å². The van der Waals surface area contributed by atoms with Crippen molar-refractivity contribution in [3.05, 3.63) is 0 Å². The summed E-state index contributed by atoms with van der Waals surface area (Å²) in [5.41, 5.74) is 0. The van der Waals surface area contributed by atoms with Gasteiger partial charge in [-0.15, -0.1) is 0 Å². The maximum absolute atomic E-state index is 12.4. The van der Waals surface area contributed by atoms with Gasteiger partial charge in [-0.25, -0.2) is 0 Å². The predicted molar refractivity (Wildman–Crippen MR) is 69.7 cm³/mol. The summed E-state index contributed by atoms with van der Waals surface area (Å²) < 4.78 is 5.47. The van der Waals surface area contributed by atoms with Crippen molar-refractivity contribution >= 4 is 11.9 Å². The van der Waals surface area contributed by atoms with E-state index in [0.717, 1.165) is 25.7 Å². The Balaban J connectivity index is 1.80. The van der Waals surface area contributed by atoms with Crippen LogP contribution in [0.4, 0.5) is 0 Å². The lowest BCUT2D eigenvalue weighted by Gasteiger charge is -2.35. The van der Waals surface area contributed by atoms with Gasteiger partial charge in [0.15, 0.2) is 0 Å². The van der Waals surface area contributed by atoms with E-state index in [-0.39, 0.29) is 30.3 Å². The Labute approximate surface area is 113 Å². The fourth-order valence-corrected chi connectivity index (χ4v) is 3.08. The first-order chi connectivity index (χ1) is 9.06. The van der Waals surface area contributed by atoms with Crippen LogP contribution in [-0.2, 0) is 14.3 Å². The van der Waals surface area contributed by atoms with Crippen LogP contribution in [-0.4, -0.2) is 47.7 Å². The van der Waals surface area contributed by atoms with Gasteiger partial charge >= 0.3 is 5.97 Å². The quantitative estimate of drug-likeness (QED) is 0.843. The molecule has 0 radical (unpaired) electrons. The maximum atomic E-state index is 12.4. The first kappa shape index (κ1) is 14.3. The number of ether oxygens (including phenoxy) is 1. The molecule has 5 heteroatoms. The highest BCUT2D eigenvalue weighted by Gasteiger charge is 2.31. The van der Waals surface area contributed by atoms with Gasteiger partial charge in [0.1, 0.15) is 0 Å². The van der Waals surface area contributed by atoms with Crippen molar-refractivity contribution in [1.82, 2.24) is 4.90 Å². The van der Waals surface area contributed by atoms with E-state index in [9.17, 15) is 9.59 Å². The van der Waals surface area contributed by atoms with Gasteiger partial charge < -0.3 is 14.7 Å². The highest BCUT2D eigenvalue weighted by atomic mass is 16.5. The minimum absolute atomic E-state index is 0.0970. The number of nitrogens with zero attached hydrogens (tertiary/aromatic N) is 1. The Morgan fingerprint density at radius 3 is 2.53 bits per heavy atom. The van der Waals surface area contributed by atoms with Crippen molar-refractivity contribution in [3.8, 4) is 0 Å². The summed E-state index contributed by atoms with van der Waals surface area (Å²) in [4.78, 5) is 25.0. The number of carboxylic acids is 1. The van der Waals surface area contributed by atoms with E-state index in [2.05, 4.69) is 0 Å². The van der Waals surface area contributed by atoms with E-state index in [0.29, 0.717) is 19.7 Å². The van der Waals surface area contributed by atoms with Crippen LogP contribution < -0.4 is 0 Å². The molecule has 0 aliphatic carbocycles. The third-order valence-corrected chi connectivity index (χ3v) is 4.22. The molecule has 1 N–H and O–H groups in total. The number of hydrogen-bond donors (Lipinski definition) is 1. The number of likely N-dealkylation sites (tertiary alicyclic amines) is 1. The minimum atomic E-state index is -0.733. The third kappa shape index (κ3) is 3.93. The first-order valence-corrected chi connectivity index (χ1v) is 7.18. The van der Waals surface area contributed by atoms with Crippen molar-refractivity contribution in [2.24, 2.45) is 11.8 Å². The van der Waals surface area contributed by atoms with E-state index in [4.69, 9.17) is 9.84 Å². The van der Waals surface area contributed by atoms with Gasteiger partial charge in [-0.1, -0.05) is 0 Å². The summed E-state index contributed by atoms with van der Waals surface area (Å²) in [7, 11) is 0. The zero-order chi connectivity index (χ0) is 13.8. The van der Waals surface area contributed by atoms with Crippen LogP contribution in [0, 0.1) is 11.8 Å². The molecule has 2 fully saturated rings. The lowest BCUT2D eigenvalue weighted by atomic mass is 9.90. The third-order valence-electron chi connectivity index (χ3n) is 4.22. The van der Waals surface area contributed by atoms with Crippen molar-refractivity contribution in [2.75, 3.05) is 19.7 Å². The van der Waals surface area contributed by atoms with Gasteiger partial charge in [0.25, 0.3) is 0 Å². The molecule has 0 unspecified atom stereocenters. The molecule has 0 aromatic rings. The predicted octanol–water partition coefficient (Wildman–Crippen LogP) is 1.51. The van der Waals surface area contributed by atoms with Crippen molar-refractivity contribution in [1.29, 1.82) is 0 Å². The van der Waals surface area contributed by atoms with E-state index in [1.807, 2.05) is 11.8 Å². The number of rotatable bonds is 3. The average Bonchev–Trinajstić information content (AvgIpc) is 2.38. The van der Waals surface area contributed by atoms with Crippen LogP contribution in [0.25, 0.3) is 0 Å². The summed E-state index contributed by atoms with van der Waals surface area (Å²) >= 11 is 0. The number of carboxylic acid groups (broad SMARTS) is 1. The number of piperidine rings is 1. The number of carbonyl (C=O) groups is 2. The Bertz CT molecular complexity index is 336. The van der Waals surface area contributed by atoms with E-state index in [1.54, 1.807) is 0 Å². The molecule has 2 aliphatic heterocycles. The van der Waals surface area contributed by atoms with Crippen LogP contribution in [0.1, 0.15) is 39.0 Å². The molecule has 0 aromatic carbocycles. The second-order valence-electron chi connectivity index (χ2n) is 5.77. The van der Waals surface area contributed by atoms with E-state index < -0.39 is 5.97 Å². The smallest absolute Gasteiger partial charge is 0.303 e. The van der Waals surface area contributed by atoms with Crippen molar-refractivity contribution < 1.29 is 19.4 Å². The number of hydrogen-bond acceptors (Lipinski definition) is 3. The van der Waals surface area contributed by atoms with E-state index >= 15 is 0 Å². The molecule has 2 rings (SSSR count). The Hall–Kier alpha value is -1.10. The fourth-order valence-electron chi connectivity index (χ4n) is 3.08. The molecule has 0 aromatic heterocycles. The number of amides is 1. The lowest BCUT2D eigenvalue weighted by Crippen LogP contribution is -2.44. The molecular formula is C14H23NO4. The number of carbonyl (C=O) groups excluding carboxylic acids is 1. The minimum Gasteiger partial charge on any atom is -0.481 e. The highest BCUT2D eigenvalue weighted by molar-refractivity contribution is 5.79. The summed E-state index contributed by atoms with van der Waals surface area (Å²) in [5.74, 6) is -0.165. The molecule has 108 valence electrons. The largest absolute Gasteiger partial charge is 0.481 e. The molecule has 2 atom stereocenters. The molecule has 2 aliphatic rings. The molecule has 19 heavy (non-hydrogen) atoms. The molecule has 2 heterocycles. The highest BCUT2D eigenvalue weighted by Crippen LogP contribution is 2.26. The molecule has 0 bridgehead atoms. The number of aliphatic carboxylic acids is 1. The monoisotopic (exact) mass is 269 g/mol. The van der Waals surface area contributed by atoms with Gasteiger partial charge in [0.05, 0.1) is 6.10 Å². The normalized spacial score (nSPS) is 29.2. The lowest BCUT2D eigenvalue weighted by molar-refractivity contribution is -0.142. The van der Waals surface area contributed by atoms with Gasteiger partial charge in [0, 0.05) is 32.0 Å². The zero-order valence-corrected chi connectivity index (χ0v) is 11.5. The van der Waals surface area contributed by atoms with Crippen LogP contribution in [0.5, 0.6) is 0 Å². The molecule has 5 nitrogen and oxygen atoms in total. The van der Waals surface area contributed by atoms with Crippen molar-refractivity contribution in [3.63, 3.8) is 0 Å². The summed E-state index contributed by atoms with van der Waals surface area (Å²) in [6.45, 7) is 4.11. The standard InChI is InChI=1S/C14H23NO4/c1-10-8-12(4-7-19-10)14(18)15-5-2-11(3-6-15)9-13(16)17/h10-12H,2-9H2,1H3,(H,16,17)/t10-,12-/m0/s1. The Morgan fingerprint density at radius 1 is 1.26 bits per heavy atom. The molecule has 0 saturated carbocycles. The molecule has 2 saturated heterocycles. The molecule has 0 spiro atoms. The molecule has 1 amide bonds. The average molecular weight is 269 g/mol. The molecular weight excluding hydrogens is 246 g/mol. The van der Waals surface area contributed by atoms with Gasteiger partial charge in [0.2, 0.25) is 5.91 Å². The van der Waals surface area contributed by atoms with Crippen LogP contribution in [0.15, 0.2) is 0 Å². The van der Waals surface area contributed by atoms with Gasteiger partial charge in [-0.2, -0.15) is 0 Å². The fraction of sp³-hybridized carbons (Fsp3) is 0.857. The maximum Gasteiger partial charge on any atom is 0.303 e. The van der Waals surface area contributed by atoms with Gasteiger partial charge in [-0.05, 0) is 38.5 Å². The topological polar surface area (TPSA) is 66.8 Å². The summed E-state index contributed by atoms with van der Waals surface area (Å²) in [6, 6.07) is 0. The van der Waals surface area contributed by atoms with Crippen molar-refractivity contribution in [2.45, 2.75) is 45.1 Å². The van der Waals surface area contributed by atoms with E-state index in [1.165, 1.54) is 0 Å². The van der Waals surface area contributed by atoms with Gasteiger partial charge in [-0.3, -0.25) is 9.59 Å². The second kappa shape index (κ2) is 6.37. The SMILES string of the molecule is C[C@H]1C[C@@H](C(=O)N2CCC(CC(=O)O)CC2)CCO1. The summed E-state index contributed by atoms with van der Waals surface area (Å²) in [5, 5.41) is 8.78. The van der Waals surface area contributed by atoms with Crippen LogP contribution in [0.2, 0.25) is 0 Å². The second-order valence-corrected chi connectivity index (χ2v) is 5.77. The summed E-state index contributed by atoms with van der Waals surface area (Å²) in [6.07, 6.45) is 3.67. The zero-order valence-electron chi connectivity index (χ0n) is 11.5. The van der Waals surface area contributed by atoms with Crippen LogP contribution >= 0.6 is 0 Å².